The van der Waals surface area contributed by atoms with Crippen molar-refractivity contribution in [2.24, 2.45) is 0 Å². The van der Waals surface area contributed by atoms with Crippen LogP contribution in [0.3, 0.4) is 0 Å². The summed E-state index contributed by atoms with van der Waals surface area (Å²) in [7, 11) is 0. The molecule has 0 atom stereocenters. The van der Waals surface area contributed by atoms with Gasteiger partial charge in [-0.3, -0.25) is 9.59 Å². The summed E-state index contributed by atoms with van der Waals surface area (Å²) < 4.78 is 0. The van der Waals surface area contributed by atoms with Gasteiger partial charge in [0.1, 0.15) is 5.75 Å². The summed E-state index contributed by atoms with van der Waals surface area (Å²) in [5, 5.41) is 15.1. The third kappa shape index (κ3) is 5.30. The predicted molar refractivity (Wildman–Crippen MR) is 77.7 cm³/mol. The van der Waals surface area contributed by atoms with E-state index in [2.05, 4.69) is 10.6 Å². The molecule has 0 unspecified atom stereocenters. The molecule has 0 aliphatic rings. The fourth-order valence-corrected chi connectivity index (χ4v) is 1.70. The Morgan fingerprint density at radius 2 is 1.90 bits per heavy atom. The van der Waals surface area contributed by atoms with Crippen molar-refractivity contribution in [2.45, 2.75) is 39.7 Å². The summed E-state index contributed by atoms with van der Waals surface area (Å²) in [6.07, 6.45) is 0.204. The van der Waals surface area contributed by atoms with Crippen LogP contribution in [-0.2, 0) is 4.79 Å². The third-order valence-corrected chi connectivity index (χ3v) is 2.55. The maximum absolute atomic E-state index is 11.8. The van der Waals surface area contributed by atoms with E-state index in [0.717, 1.165) is 5.56 Å². The molecule has 1 aromatic rings. The zero-order valence-corrected chi connectivity index (χ0v) is 12.4. The van der Waals surface area contributed by atoms with Crippen molar-refractivity contribution in [1.29, 1.82) is 0 Å². The molecule has 0 bridgehead atoms. The Morgan fingerprint density at radius 3 is 2.45 bits per heavy atom. The number of phenolic OH excluding ortho intramolecular Hbond substituents is 1. The first-order valence-corrected chi connectivity index (χ1v) is 6.58. The molecule has 3 N–H and O–H groups in total. The molecule has 0 radical (unpaired) electrons. The Morgan fingerprint density at radius 1 is 1.25 bits per heavy atom. The lowest BCUT2D eigenvalue weighted by molar-refractivity contribution is -0.122. The van der Waals surface area contributed by atoms with Crippen molar-refractivity contribution in [3.05, 3.63) is 29.3 Å². The Hall–Kier alpha value is -2.04. The first kappa shape index (κ1) is 16.0. The third-order valence-electron chi connectivity index (χ3n) is 2.55. The van der Waals surface area contributed by atoms with E-state index in [0.29, 0.717) is 0 Å². The minimum atomic E-state index is -0.383. The summed E-state index contributed by atoms with van der Waals surface area (Å²) in [4.78, 5) is 23.4. The van der Waals surface area contributed by atoms with Gasteiger partial charge in [-0.05, 0) is 45.4 Å². The number of nitrogens with one attached hydrogen (secondary N) is 2. The Labute approximate surface area is 119 Å². The van der Waals surface area contributed by atoms with Gasteiger partial charge in [-0.1, -0.05) is 6.07 Å². The number of hydrogen-bond donors (Lipinski definition) is 3. The van der Waals surface area contributed by atoms with Gasteiger partial charge in [0.15, 0.2) is 0 Å². The van der Waals surface area contributed by atoms with E-state index < -0.39 is 0 Å². The minimum Gasteiger partial charge on any atom is -0.507 e. The Balaban J connectivity index is 2.46. The van der Waals surface area contributed by atoms with Crippen LogP contribution in [0.5, 0.6) is 5.75 Å². The van der Waals surface area contributed by atoms with E-state index in [1.54, 1.807) is 12.1 Å². The van der Waals surface area contributed by atoms with Gasteiger partial charge in [-0.25, -0.2) is 0 Å². The van der Waals surface area contributed by atoms with Crippen LogP contribution in [-0.4, -0.2) is 29.0 Å². The van der Waals surface area contributed by atoms with Crippen molar-refractivity contribution in [2.75, 3.05) is 6.54 Å². The number of amides is 2. The van der Waals surface area contributed by atoms with E-state index in [1.165, 1.54) is 6.07 Å². The molecule has 0 aliphatic carbocycles. The number of rotatable bonds is 4. The number of hydrogen-bond acceptors (Lipinski definition) is 3. The van der Waals surface area contributed by atoms with E-state index in [9.17, 15) is 14.7 Å². The van der Waals surface area contributed by atoms with Gasteiger partial charge in [0.05, 0.1) is 5.56 Å². The normalized spacial score (nSPS) is 11.0. The summed E-state index contributed by atoms with van der Waals surface area (Å²) in [6.45, 7) is 7.75. The molecule has 0 heterocycles. The second-order valence-corrected chi connectivity index (χ2v) is 5.82. The monoisotopic (exact) mass is 278 g/mol. The quantitative estimate of drug-likeness (QED) is 0.785. The predicted octanol–water partition coefficient (Wildman–Crippen LogP) is 1.74. The molecule has 5 nitrogen and oxygen atoms in total. The highest BCUT2D eigenvalue weighted by molar-refractivity contribution is 5.97. The molecule has 20 heavy (non-hydrogen) atoms. The lowest BCUT2D eigenvalue weighted by atomic mass is 10.1. The summed E-state index contributed by atoms with van der Waals surface area (Å²) in [5.41, 5.74) is 0.812. The van der Waals surface area contributed by atoms with E-state index in [4.69, 9.17) is 0 Å². The molecule has 5 heteroatoms. The summed E-state index contributed by atoms with van der Waals surface area (Å²) >= 11 is 0. The minimum absolute atomic E-state index is 0.0540. The second kappa shape index (κ2) is 6.41. The molecule has 0 saturated heterocycles. The first-order chi connectivity index (χ1) is 9.19. The van der Waals surface area contributed by atoms with E-state index in [-0.39, 0.29) is 41.6 Å². The smallest absolute Gasteiger partial charge is 0.255 e. The molecule has 1 aromatic carbocycles. The van der Waals surface area contributed by atoms with Gasteiger partial charge in [-0.2, -0.15) is 0 Å². The number of aryl methyl sites for hydroxylation is 1. The standard InChI is InChI=1S/C15H22N2O3/c1-10-5-6-11(12(18)9-10)14(20)16-8-7-13(19)17-15(2,3)4/h5-6,9,18H,7-8H2,1-4H3,(H,16,20)(H,17,19). The van der Waals surface area contributed by atoms with Crippen LogP contribution >= 0.6 is 0 Å². The molecule has 1 rings (SSSR count). The lowest BCUT2D eigenvalue weighted by Crippen LogP contribution is -2.41. The molecule has 2 amide bonds. The number of benzene rings is 1. The van der Waals surface area contributed by atoms with Crippen molar-refractivity contribution in [1.82, 2.24) is 10.6 Å². The first-order valence-electron chi connectivity index (χ1n) is 6.58. The zero-order valence-electron chi connectivity index (χ0n) is 12.4. The van der Waals surface area contributed by atoms with E-state index in [1.807, 2.05) is 27.7 Å². The van der Waals surface area contributed by atoms with Crippen LogP contribution in [0.1, 0.15) is 43.1 Å². The SMILES string of the molecule is Cc1ccc(C(=O)NCCC(=O)NC(C)(C)C)c(O)c1. The van der Waals surface area contributed by atoms with Gasteiger partial charge in [0.2, 0.25) is 5.91 Å². The molecule has 0 spiro atoms. The van der Waals surface area contributed by atoms with Gasteiger partial charge in [-0.15, -0.1) is 0 Å². The maximum atomic E-state index is 11.8. The number of aromatic hydroxyl groups is 1. The van der Waals surface area contributed by atoms with Crippen molar-refractivity contribution in [3.63, 3.8) is 0 Å². The van der Waals surface area contributed by atoms with Crippen molar-refractivity contribution in [3.8, 4) is 5.75 Å². The van der Waals surface area contributed by atoms with Crippen molar-refractivity contribution < 1.29 is 14.7 Å². The number of phenols is 1. The lowest BCUT2D eigenvalue weighted by Gasteiger charge is -2.20. The largest absolute Gasteiger partial charge is 0.507 e. The van der Waals surface area contributed by atoms with Crippen molar-refractivity contribution >= 4 is 11.8 Å². The fourth-order valence-electron chi connectivity index (χ4n) is 1.70. The highest BCUT2D eigenvalue weighted by atomic mass is 16.3. The fraction of sp³-hybridized carbons (Fsp3) is 0.467. The van der Waals surface area contributed by atoms with Crippen LogP contribution in [0.25, 0.3) is 0 Å². The molecule has 0 saturated carbocycles. The molecular formula is C15H22N2O3. The molecule has 0 aromatic heterocycles. The maximum Gasteiger partial charge on any atom is 0.255 e. The average Bonchev–Trinajstić information content (AvgIpc) is 2.25. The van der Waals surface area contributed by atoms with E-state index >= 15 is 0 Å². The second-order valence-electron chi connectivity index (χ2n) is 5.82. The molecule has 0 fully saturated rings. The van der Waals surface area contributed by atoms with Crippen LogP contribution in [0.2, 0.25) is 0 Å². The molecular weight excluding hydrogens is 256 g/mol. The van der Waals surface area contributed by atoms with Gasteiger partial charge < -0.3 is 15.7 Å². The molecule has 110 valence electrons. The Kier molecular flexibility index (Phi) is 5.13. The highest BCUT2D eigenvalue weighted by Gasteiger charge is 2.14. The zero-order chi connectivity index (χ0) is 15.3. The van der Waals surface area contributed by atoms with Crippen LogP contribution < -0.4 is 10.6 Å². The van der Waals surface area contributed by atoms with Gasteiger partial charge in [0, 0.05) is 18.5 Å². The number of carbonyl (C=O) groups excluding carboxylic acids is 2. The number of carbonyl (C=O) groups is 2. The molecule has 0 aliphatic heterocycles. The van der Waals surface area contributed by atoms with Crippen LogP contribution in [0, 0.1) is 6.92 Å². The van der Waals surface area contributed by atoms with Crippen LogP contribution in [0.15, 0.2) is 18.2 Å². The van der Waals surface area contributed by atoms with Gasteiger partial charge >= 0.3 is 0 Å². The summed E-state index contributed by atoms with van der Waals surface area (Å²) in [5.74, 6) is -0.557. The Bertz CT molecular complexity index is 504. The van der Waals surface area contributed by atoms with Crippen LogP contribution in [0.4, 0.5) is 0 Å². The van der Waals surface area contributed by atoms with Gasteiger partial charge in [0.25, 0.3) is 5.91 Å². The average molecular weight is 278 g/mol. The summed E-state index contributed by atoms with van der Waals surface area (Å²) in [6, 6.07) is 4.84. The topological polar surface area (TPSA) is 78.4 Å². The highest BCUT2D eigenvalue weighted by Crippen LogP contribution is 2.17.